The second-order valence-corrected chi connectivity index (χ2v) is 5.33. The van der Waals surface area contributed by atoms with Crippen LogP contribution < -0.4 is 11.1 Å². The maximum Gasteiger partial charge on any atom is 0.288 e. The van der Waals surface area contributed by atoms with Gasteiger partial charge in [0.1, 0.15) is 5.15 Å². The first kappa shape index (κ1) is 15.5. The van der Waals surface area contributed by atoms with Gasteiger partial charge in [-0.2, -0.15) is 8.78 Å². The summed E-state index contributed by atoms with van der Waals surface area (Å²) in [5, 5.41) is 2.51. The Labute approximate surface area is 128 Å². The van der Waals surface area contributed by atoms with Crippen LogP contribution in [0.1, 0.15) is 10.4 Å². The van der Waals surface area contributed by atoms with Crippen molar-refractivity contribution in [1.29, 1.82) is 0 Å². The second-order valence-electron chi connectivity index (χ2n) is 3.94. The number of carbonyl (C=O) groups is 1. The molecular formula is C13H10ClF2N3OS. The number of pyridine rings is 1. The Hall–Kier alpha value is -1.86. The molecule has 110 valence electrons. The molecule has 2 rings (SSSR count). The van der Waals surface area contributed by atoms with Crippen molar-refractivity contribution in [3.05, 3.63) is 47.2 Å². The Morgan fingerprint density at radius 3 is 2.81 bits per heavy atom. The topological polar surface area (TPSA) is 68.0 Å². The molecule has 4 nitrogen and oxygen atoms in total. The third-order valence-corrected chi connectivity index (χ3v) is 3.55. The number of hydrogen-bond acceptors (Lipinski definition) is 4. The lowest BCUT2D eigenvalue weighted by Crippen LogP contribution is -2.14. The molecule has 0 saturated heterocycles. The molecule has 1 amide bonds. The number of nitrogen functional groups attached to an aromatic ring is 1. The van der Waals surface area contributed by atoms with E-state index in [1.807, 2.05) is 0 Å². The molecule has 0 spiro atoms. The molecule has 0 unspecified atom stereocenters. The zero-order chi connectivity index (χ0) is 15.4. The highest BCUT2D eigenvalue weighted by atomic mass is 35.5. The van der Waals surface area contributed by atoms with E-state index in [4.69, 9.17) is 17.3 Å². The maximum atomic E-state index is 12.5. The number of thioether (sulfide) groups is 1. The minimum Gasteiger partial charge on any atom is -0.397 e. The van der Waals surface area contributed by atoms with Crippen LogP contribution in [0.3, 0.4) is 0 Å². The summed E-state index contributed by atoms with van der Waals surface area (Å²) in [4.78, 5) is 16.2. The Bertz CT molecular complexity index is 670. The SMILES string of the molecule is Nc1cnc(Cl)c(C(=O)Nc2ccccc2SC(F)F)c1. The Morgan fingerprint density at radius 2 is 2.10 bits per heavy atom. The molecular weight excluding hydrogens is 320 g/mol. The lowest BCUT2D eigenvalue weighted by molar-refractivity contribution is 0.102. The van der Waals surface area contributed by atoms with Crippen molar-refractivity contribution in [3.63, 3.8) is 0 Å². The number of para-hydroxylation sites is 1. The number of aromatic nitrogens is 1. The number of anilines is 2. The molecule has 0 aliphatic carbocycles. The van der Waals surface area contributed by atoms with Crippen LogP contribution in [-0.4, -0.2) is 16.6 Å². The van der Waals surface area contributed by atoms with Crippen LogP contribution >= 0.6 is 23.4 Å². The molecule has 2 aromatic rings. The number of nitrogens with one attached hydrogen (secondary N) is 1. The van der Waals surface area contributed by atoms with Gasteiger partial charge in [0.25, 0.3) is 11.7 Å². The molecule has 8 heteroatoms. The normalized spacial score (nSPS) is 10.7. The highest BCUT2D eigenvalue weighted by molar-refractivity contribution is 7.99. The molecule has 1 heterocycles. The number of benzene rings is 1. The third kappa shape index (κ3) is 4.05. The van der Waals surface area contributed by atoms with Crippen LogP contribution in [0.5, 0.6) is 0 Å². The summed E-state index contributed by atoms with van der Waals surface area (Å²) in [6, 6.07) is 7.62. The van der Waals surface area contributed by atoms with Gasteiger partial charge < -0.3 is 11.1 Å². The smallest absolute Gasteiger partial charge is 0.288 e. The number of nitrogens with two attached hydrogens (primary N) is 1. The zero-order valence-electron chi connectivity index (χ0n) is 10.5. The van der Waals surface area contributed by atoms with E-state index in [9.17, 15) is 13.6 Å². The largest absolute Gasteiger partial charge is 0.397 e. The van der Waals surface area contributed by atoms with E-state index in [1.54, 1.807) is 12.1 Å². The number of carbonyl (C=O) groups excluding carboxylic acids is 1. The van der Waals surface area contributed by atoms with E-state index in [0.717, 1.165) is 0 Å². The lowest BCUT2D eigenvalue weighted by atomic mass is 10.2. The van der Waals surface area contributed by atoms with Crippen LogP contribution in [0.4, 0.5) is 20.2 Å². The molecule has 3 N–H and O–H groups in total. The molecule has 0 saturated carbocycles. The molecule has 0 bridgehead atoms. The molecule has 0 aliphatic heterocycles. The molecule has 1 aromatic heterocycles. The standard InChI is InChI=1S/C13H10ClF2N3OS/c14-11-8(5-7(17)6-18-11)12(20)19-9-3-1-2-4-10(9)21-13(15)16/h1-6,13H,17H2,(H,19,20). The number of halogens is 3. The Balaban J connectivity index is 2.25. The zero-order valence-corrected chi connectivity index (χ0v) is 12.1. The van der Waals surface area contributed by atoms with Crippen molar-refractivity contribution in [2.75, 3.05) is 11.1 Å². The van der Waals surface area contributed by atoms with Gasteiger partial charge >= 0.3 is 0 Å². The Morgan fingerprint density at radius 1 is 1.38 bits per heavy atom. The van der Waals surface area contributed by atoms with Gasteiger partial charge in [0.15, 0.2) is 0 Å². The fraction of sp³-hybridized carbons (Fsp3) is 0.0769. The van der Waals surface area contributed by atoms with E-state index in [0.29, 0.717) is 11.8 Å². The monoisotopic (exact) mass is 329 g/mol. The van der Waals surface area contributed by atoms with Crippen LogP contribution in [0, 0.1) is 0 Å². The fourth-order valence-electron chi connectivity index (χ4n) is 1.58. The summed E-state index contributed by atoms with van der Waals surface area (Å²) in [7, 11) is 0. The highest BCUT2D eigenvalue weighted by Crippen LogP contribution is 2.32. The average Bonchev–Trinajstić information content (AvgIpc) is 2.43. The van der Waals surface area contributed by atoms with Gasteiger partial charge in [0.05, 0.1) is 23.1 Å². The number of amides is 1. The van der Waals surface area contributed by atoms with Gasteiger partial charge in [-0.05, 0) is 18.2 Å². The summed E-state index contributed by atoms with van der Waals surface area (Å²) in [6.45, 7) is 0. The third-order valence-electron chi connectivity index (χ3n) is 2.46. The quantitative estimate of drug-likeness (QED) is 0.659. The van der Waals surface area contributed by atoms with Crippen LogP contribution in [0.15, 0.2) is 41.4 Å². The molecule has 0 radical (unpaired) electrons. The number of rotatable bonds is 4. The van der Waals surface area contributed by atoms with Gasteiger partial charge in [0.2, 0.25) is 0 Å². The molecule has 0 aliphatic rings. The van der Waals surface area contributed by atoms with Crippen molar-refractivity contribution in [2.45, 2.75) is 10.7 Å². The van der Waals surface area contributed by atoms with Gasteiger partial charge in [-0.25, -0.2) is 4.98 Å². The molecule has 1 aromatic carbocycles. The van der Waals surface area contributed by atoms with Crippen molar-refractivity contribution in [3.8, 4) is 0 Å². The van der Waals surface area contributed by atoms with E-state index in [1.165, 1.54) is 24.4 Å². The first-order valence-corrected chi connectivity index (χ1v) is 6.99. The van der Waals surface area contributed by atoms with E-state index < -0.39 is 11.7 Å². The number of nitrogens with zero attached hydrogens (tertiary/aromatic N) is 1. The van der Waals surface area contributed by atoms with Crippen molar-refractivity contribution < 1.29 is 13.6 Å². The van der Waals surface area contributed by atoms with Crippen LogP contribution in [0.2, 0.25) is 5.15 Å². The first-order valence-electron chi connectivity index (χ1n) is 5.73. The maximum absolute atomic E-state index is 12.5. The lowest BCUT2D eigenvalue weighted by Gasteiger charge is -2.11. The predicted octanol–water partition coefficient (Wildman–Crippen LogP) is 3.88. The van der Waals surface area contributed by atoms with E-state index in [2.05, 4.69) is 10.3 Å². The Kier molecular flexibility index (Phi) is 4.98. The minimum absolute atomic E-state index is 0.0132. The van der Waals surface area contributed by atoms with E-state index >= 15 is 0 Å². The van der Waals surface area contributed by atoms with Crippen molar-refractivity contribution in [2.24, 2.45) is 0 Å². The highest BCUT2D eigenvalue weighted by Gasteiger charge is 2.15. The molecule has 0 fully saturated rings. The first-order chi connectivity index (χ1) is 9.97. The summed E-state index contributed by atoms with van der Waals surface area (Å²) < 4.78 is 25.0. The molecule has 21 heavy (non-hydrogen) atoms. The summed E-state index contributed by atoms with van der Waals surface area (Å²) >= 11 is 6.18. The van der Waals surface area contributed by atoms with Gasteiger partial charge in [-0.15, -0.1) is 0 Å². The molecule has 0 atom stereocenters. The predicted molar refractivity (Wildman–Crippen MR) is 79.9 cm³/mol. The van der Waals surface area contributed by atoms with Crippen LogP contribution in [0.25, 0.3) is 0 Å². The van der Waals surface area contributed by atoms with Gasteiger partial charge in [-0.3, -0.25) is 4.79 Å². The summed E-state index contributed by atoms with van der Waals surface area (Å²) in [5.41, 5.74) is 6.17. The second kappa shape index (κ2) is 6.73. The van der Waals surface area contributed by atoms with Crippen molar-refractivity contribution in [1.82, 2.24) is 4.98 Å². The average molecular weight is 330 g/mol. The summed E-state index contributed by atoms with van der Waals surface area (Å²) in [6.07, 6.45) is 1.32. The van der Waals surface area contributed by atoms with Gasteiger partial charge in [-0.1, -0.05) is 35.5 Å². The van der Waals surface area contributed by atoms with Gasteiger partial charge in [0, 0.05) is 4.90 Å². The van der Waals surface area contributed by atoms with E-state index in [-0.39, 0.29) is 27.0 Å². The fourth-order valence-corrected chi connectivity index (χ4v) is 2.37. The number of alkyl halides is 2. The van der Waals surface area contributed by atoms with Crippen LogP contribution in [-0.2, 0) is 0 Å². The summed E-state index contributed by atoms with van der Waals surface area (Å²) in [5.74, 6) is -3.15. The van der Waals surface area contributed by atoms with Crippen molar-refractivity contribution >= 4 is 40.6 Å². The minimum atomic E-state index is -2.58. The number of hydrogen-bond donors (Lipinski definition) is 2.